The summed E-state index contributed by atoms with van der Waals surface area (Å²) in [5.41, 5.74) is 5.65. The molecule has 1 atom stereocenters. The van der Waals surface area contributed by atoms with Crippen LogP contribution in [0, 0.1) is 11.6 Å². The lowest BCUT2D eigenvalue weighted by atomic mass is 10.1. The number of hydrogen-bond acceptors (Lipinski definition) is 2. The molecule has 0 saturated carbocycles. The quantitative estimate of drug-likeness (QED) is 0.683. The van der Waals surface area contributed by atoms with Gasteiger partial charge in [0.1, 0.15) is 11.6 Å². The normalized spacial score (nSPS) is 13.0. The predicted octanol–water partition coefficient (Wildman–Crippen LogP) is 1.89. The summed E-state index contributed by atoms with van der Waals surface area (Å²) < 4.78 is 25.5. The molecule has 0 amide bonds. The van der Waals surface area contributed by atoms with Gasteiger partial charge in [0, 0.05) is 17.4 Å². The van der Waals surface area contributed by atoms with E-state index in [1.54, 1.807) is 0 Å². The van der Waals surface area contributed by atoms with Gasteiger partial charge in [-0.25, -0.2) is 8.78 Å². The van der Waals surface area contributed by atoms with Gasteiger partial charge in [-0.1, -0.05) is 0 Å². The summed E-state index contributed by atoms with van der Waals surface area (Å²) in [5.74, 6) is -0.679. The molecular formula is C8H9F2NS. The highest BCUT2D eigenvalue weighted by molar-refractivity contribution is 7.80. The molecule has 1 nitrogen and oxygen atoms in total. The Labute approximate surface area is 75.0 Å². The van der Waals surface area contributed by atoms with Gasteiger partial charge in [-0.05, 0) is 18.2 Å². The number of halogens is 2. The summed E-state index contributed by atoms with van der Waals surface area (Å²) in [6.07, 6.45) is 0. The minimum Gasteiger partial charge on any atom is -0.323 e. The maximum absolute atomic E-state index is 12.9. The maximum atomic E-state index is 12.9. The minimum atomic E-state index is -0.552. The first-order chi connectivity index (χ1) is 5.65. The Hall–Kier alpha value is -0.610. The number of nitrogens with two attached hydrogens (primary N) is 1. The molecule has 1 rings (SSSR count). The van der Waals surface area contributed by atoms with Gasteiger partial charge in [0.2, 0.25) is 0 Å². The summed E-state index contributed by atoms with van der Waals surface area (Å²) >= 11 is 3.89. The largest absolute Gasteiger partial charge is 0.323 e. The van der Waals surface area contributed by atoms with E-state index >= 15 is 0 Å². The molecule has 0 aromatic heterocycles. The van der Waals surface area contributed by atoms with E-state index in [1.165, 1.54) is 0 Å². The molecule has 0 bridgehead atoms. The number of thiol groups is 1. The maximum Gasteiger partial charge on any atom is 0.128 e. The van der Waals surface area contributed by atoms with Gasteiger partial charge in [0.15, 0.2) is 0 Å². The lowest BCUT2D eigenvalue weighted by Crippen LogP contribution is -2.13. The van der Waals surface area contributed by atoms with E-state index in [4.69, 9.17) is 5.73 Å². The average molecular weight is 189 g/mol. The Balaban J connectivity index is 3.04. The summed E-state index contributed by atoms with van der Waals surface area (Å²) in [4.78, 5) is 0. The molecule has 4 heteroatoms. The van der Waals surface area contributed by atoms with E-state index in [1.807, 2.05) is 0 Å². The van der Waals surface area contributed by atoms with Crippen LogP contribution in [0.25, 0.3) is 0 Å². The van der Waals surface area contributed by atoms with Crippen LogP contribution in [0.5, 0.6) is 0 Å². The van der Waals surface area contributed by atoms with Gasteiger partial charge in [-0.2, -0.15) is 12.6 Å². The first kappa shape index (κ1) is 9.48. The van der Waals surface area contributed by atoms with Crippen molar-refractivity contribution in [3.63, 3.8) is 0 Å². The van der Waals surface area contributed by atoms with Crippen molar-refractivity contribution in [2.24, 2.45) is 5.73 Å². The second kappa shape index (κ2) is 3.87. The van der Waals surface area contributed by atoms with Crippen LogP contribution < -0.4 is 5.73 Å². The second-order valence-corrected chi connectivity index (χ2v) is 2.82. The average Bonchev–Trinajstić information content (AvgIpc) is 2.08. The summed E-state index contributed by atoms with van der Waals surface area (Å²) in [7, 11) is 0. The number of hydrogen-bond donors (Lipinski definition) is 2. The zero-order valence-corrected chi connectivity index (χ0v) is 7.19. The summed E-state index contributed by atoms with van der Waals surface area (Å²) in [6, 6.07) is 2.66. The van der Waals surface area contributed by atoms with Crippen LogP contribution >= 0.6 is 12.6 Å². The van der Waals surface area contributed by atoms with Crippen molar-refractivity contribution in [1.82, 2.24) is 0 Å². The fraction of sp³-hybridized carbons (Fsp3) is 0.250. The van der Waals surface area contributed by atoms with Gasteiger partial charge in [-0.3, -0.25) is 0 Å². The monoisotopic (exact) mass is 189 g/mol. The smallest absolute Gasteiger partial charge is 0.128 e. The molecule has 0 radical (unpaired) electrons. The van der Waals surface area contributed by atoms with Crippen molar-refractivity contribution in [2.75, 3.05) is 5.75 Å². The highest BCUT2D eigenvalue weighted by Crippen LogP contribution is 2.16. The van der Waals surface area contributed by atoms with E-state index in [-0.39, 0.29) is 5.56 Å². The van der Waals surface area contributed by atoms with Gasteiger partial charge >= 0.3 is 0 Å². The van der Waals surface area contributed by atoms with Crippen LogP contribution in [-0.4, -0.2) is 5.75 Å². The summed E-state index contributed by atoms with van der Waals surface area (Å²) in [5, 5.41) is 0. The molecule has 2 N–H and O–H groups in total. The van der Waals surface area contributed by atoms with Crippen LogP contribution in [0.1, 0.15) is 11.6 Å². The molecular weight excluding hydrogens is 180 g/mol. The van der Waals surface area contributed by atoms with E-state index < -0.39 is 17.7 Å². The van der Waals surface area contributed by atoms with Crippen LogP contribution in [0.4, 0.5) is 8.78 Å². The van der Waals surface area contributed by atoms with Gasteiger partial charge in [-0.15, -0.1) is 0 Å². The third-order valence-corrected chi connectivity index (χ3v) is 1.95. The van der Waals surface area contributed by atoms with Crippen molar-refractivity contribution >= 4 is 12.6 Å². The highest BCUT2D eigenvalue weighted by atomic mass is 32.1. The lowest BCUT2D eigenvalue weighted by molar-refractivity contribution is 0.573. The Morgan fingerprint density at radius 2 is 2.08 bits per heavy atom. The minimum absolute atomic E-state index is 0.171. The van der Waals surface area contributed by atoms with Crippen LogP contribution in [-0.2, 0) is 0 Å². The van der Waals surface area contributed by atoms with Crippen LogP contribution in [0.2, 0.25) is 0 Å². The first-order valence-electron chi connectivity index (χ1n) is 3.46. The Morgan fingerprint density at radius 3 is 2.67 bits per heavy atom. The third-order valence-electron chi connectivity index (χ3n) is 1.55. The third kappa shape index (κ3) is 1.95. The molecule has 0 fully saturated rings. The van der Waals surface area contributed by atoms with Gasteiger partial charge < -0.3 is 5.73 Å². The summed E-state index contributed by atoms with van der Waals surface area (Å²) in [6.45, 7) is 0. The molecule has 0 aliphatic carbocycles. The molecule has 12 heavy (non-hydrogen) atoms. The molecule has 0 spiro atoms. The highest BCUT2D eigenvalue weighted by Gasteiger charge is 2.10. The van der Waals surface area contributed by atoms with Gasteiger partial charge in [0.25, 0.3) is 0 Å². The topological polar surface area (TPSA) is 26.0 Å². The van der Waals surface area contributed by atoms with E-state index in [2.05, 4.69) is 12.6 Å². The SMILES string of the molecule is NC(CS)c1cc(F)ccc1F. The second-order valence-electron chi connectivity index (χ2n) is 2.45. The molecule has 1 aromatic rings. The predicted molar refractivity (Wildman–Crippen MR) is 47.1 cm³/mol. The number of rotatable bonds is 2. The molecule has 0 saturated heterocycles. The van der Waals surface area contributed by atoms with Crippen molar-refractivity contribution in [1.29, 1.82) is 0 Å². The van der Waals surface area contributed by atoms with Gasteiger partial charge in [0.05, 0.1) is 0 Å². The number of benzene rings is 1. The zero-order valence-electron chi connectivity index (χ0n) is 6.30. The van der Waals surface area contributed by atoms with E-state index in [0.29, 0.717) is 5.75 Å². The van der Waals surface area contributed by atoms with Crippen molar-refractivity contribution in [3.8, 4) is 0 Å². The fourth-order valence-electron chi connectivity index (χ4n) is 0.897. The van der Waals surface area contributed by atoms with Crippen molar-refractivity contribution in [2.45, 2.75) is 6.04 Å². The van der Waals surface area contributed by atoms with Crippen LogP contribution in [0.15, 0.2) is 18.2 Å². The Bertz CT molecular complexity index is 278. The van der Waals surface area contributed by atoms with E-state index in [0.717, 1.165) is 18.2 Å². The standard InChI is InChI=1S/C8H9F2NS/c9-5-1-2-7(10)6(3-5)8(11)4-12/h1-3,8,12H,4,11H2. The van der Waals surface area contributed by atoms with Crippen molar-refractivity contribution < 1.29 is 8.78 Å². The lowest BCUT2D eigenvalue weighted by Gasteiger charge is -2.09. The molecule has 66 valence electrons. The molecule has 0 heterocycles. The molecule has 0 aliphatic rings. The first-order valence-corrected chi connectivity index (χ1v) is 4.09. The Kier molecular flexibility index (Phi) is 3.05. The molecule has 1 aromatic carbocycles. The fourth-order valence-corrected chi connectivity index (χ4v) is 1.09. The zero-order chi connectivity index (χ0) is 9.14. The van der Waals surface area contributed by atoms with E-state index in [9.17, 15) is 8.78 Å². The molecule has 1 unspecified atom stereocenters. The van der Waals surface area contributed by atoms with Crippen LogP contribution in [0.3, 0.4) is 0 Å². The Morgan fingerprint density at radius 1 is 1.42 bits per heavy atom. The van der Waals surface area contributed by atoms with Crippen molar-refractivity contribution in [3.05, 3.63) is 35.4 Å². The molecule has 0 aliphatic heterocycles.